The van der Waals surface area contributed by atoms with Gasteiger partial charge in [-0.2, -0.15) is 5.10 Å². The van der Waals surface area contributed by atoms with Crippen molar-refractivity contribution in [3.63, 3.8) is 0 Å². The van der Waals surface area contributed by atoms with E-state index in [-0.39, 0.29) is 28.7 Å². The van der Waals surface area contributed by atoms with Crippen LogP contribution in [0.1, 0.15) is 47.1 Å². The molecule has 5 aromatic rings. The van der Waals surface area contributed by atoms with Gasteiger partial charge in [0.2, 0.25) is 0 Å². The number of carbonyl (C=O) groups excluding carboxylic acids is 1. The minimum absolute atomic E-state index is 0.0378. The third-order valence-corrected chi connectivity index (χ3v) is 7.96. The highest BCUT2D eigenvalue weighted by molar-refractivity contribution is 7.92. The molecular formula is C29H29N7O4S. The average molecular weight is 572 g/mol. The summed E-state index contributed by atoms with van der Waals surface area (Å²) < 4.78 is 30.0. The number of hydrogen-bond acceptors (Lipinski definition) is 7. The highest BCUT2D eigenvalue weighted by Gasteiger charge is 2.20. The normalized spacial score (nSPS) is 11.6. The minimum Gasteiger partial charge on any atom is -0.348 e. The van der Waals surface area contributed by atoms with E-state index in [2.05, 4.69) is 25.1 Å². The number of hydrogen-bond donors (Lipinski definition) is 3. The quantitative estimate of drug-likeness (QED) is 0.253. The first-order valence-electron chi connectivity index (χ1n) is 12.9. The fraction of sp³-hybridized carbons (Fsp3) is 0.207. The lowest BCUT2D eigenvalue weighted by Gasteiger charge is -2.13. The fourth-order valence-electron chi connectivity index (χ4n) is 4.55. The largest absolute Gasteiger partial charge is 0.348 e. The zero-order chi connectivity index (χ0) is 29.3. The zero-order valence-corrected chi connectivity index (χ0v) is 23.8. The molecule has 0 atom stereocenters. The highest BCUT2D eigenvalue weighted by Crippen LogP contribution is 2.28. The summed E-state index contributed by atoms with van der Waals surface area (Å²) in [7, 11) is -3.84. The maximum atomic E-state index is 13.5. The van der Waals surface area contributed by atoms with E-state index < -0.39 is 15.9 Å². The van der Waals surface area contributed by atoms with E-state index in [1.165, 1.54) is 18.3 Å². The van der Waals surface area contributed by atoms with Gasteiger partial charge in [0.05, 0.1) is 39.6 Å². The second-order valence-corrected chi connectivity index (χ2v) is 11.7. The topological polar surface area (TPSA) is 152 Å². The number of rotatable bonds is 8. The van der Waals surface area contributed by atoms with Crippen LogP contribution in [-0.2, 0) is 16.6 Å². The van der Waals surface area contributed by atoms with Gasteiger partial charge in [-0.1, -0.05) is 18.2 Å². The number of anilines is 1. The second-order valence-electron chi connectivity index (χ2n) is 9.98. The van der Waals surface area contributed by atoms with Gasteiger partial charge in [0.1, 0.15) is 0 Å². The Hall–Kier alpha value is -4.84. The van der Waals surface area contributed by atoms with Crippen LogP contribution < -0.4 is 15.6 Å². The number of nitrogens with zero attached hydrogens (tertiary/aromatic N) is 4. The highest BCUT2D eigenvalue weighted by atomic mass is 32.2. The van der Waals surface area contributed by atoms with E-state index in [9.17, 15) is 18.0 Å². The Bertz CT molecular complexity index is 1930. The summed E-state index contributed by atoms with van der Waals surface area (Å²) in [6.07, 6.45) is 4.53. The number of aryl methyl sites for hydroxylation is 2. The number of carbonyl (C=O) groups is 1. The van der Waals surface area contributed by atoms with E-state index in [1.807, 2.05) is 26.8 Å². The van der Waals surface area contributed by atoms with Crippen molar-refractivity contribution in [2.75, 3.05) is 4.72 Å². The third kappa shape index (κ3) is 5.73. The smallest absolute Gasteiger partial charge is 0.261 e. The van der Waals surface area contributed by atoms with Gasteiger partial charge in [-0.05, 0) is 63.6 Å². The number of nitrogens with one attached hydrogen (secondary N) is 3. The summed E-state index contributed by atoms with van der Waals surface area (Å²) in [4.78, 5) is 37.8. The maximum absolute atomic E-state index is 13.5. The van der Waals surface area contributed by atoms with Crippen LogP contribution in [-0.4, -0.2) is 39.1 Å². The molecule has 0 radical (unpaired) electrons. The van der Waals surface area contributed by atoms with Crippen LogP contribution in [0.3, 0.4) is 0 Å². The standard InChI is InChI=1S/C29H29N7O4S/c1-17(2)36-27-25(16-32-36)23(28(37)31-15-24-18(3)10-19(4)33-29(24)38)12-26(34-27)20-11-21(14-30-13-20)35-41(39,40)22-8-6-5-7-9-22/h5-14,16-17,35H,15H2,1-4H3,(H,31,37)(H,33,38). The monoisotopic (exact) mass is 571 g/mol. The van der Waals surface area contributed by atoms with E-state index in [1.54, 1.807) is 54.3 Å². The van der Waals surface area contributed by atoms with E-state index in [4.69, 9.17) is 4.98 Å². The van der Waals surface area contributed by atoms with Gasteiger partial charge in [-0.3, -0.25) is 19.3 Å². The van der Waals surface area contributed by atoms with Crippen LogP contribution in [0, 0.1) is 13.8 Å². The zero-order valence-electron chi connectivity index (χ0n) is 23.0. The Kier molecular flexibility index (Phi) is 7.41. The Balaban J connectivity index is 1.52. The molecular weight excluding hydrogens is 542 g/mol. The molecule has 0 fully saturated rings. The molecule has 0 aliphatic rings. The average Bonchev–Trinajstić information content (AvgIpc) is 3.37. The maximum Gasteiger partial charge on any atom is 0.261 e. The van der Waals surface area contributed by atoms with Crippen molar-refractivity contribution in [1.29, 1.82) is 0 Å². The lowest BCUT2D eigenvalue weighted by Crippen LogP contribution is -2.28. The molecule has 0 bridgehead atoms. The first-order chi connectivity index (χ1) is 19.5. The van der Waals surface area contributed by atoms with Crippen molar-refractivity contribution in [1.82, 2.24) is 30.0 Å². The predicted molar refractivity (Wildman–Crippen MR) is 156 cm³/mol. The van der Waals surface area contributed by atoms with Gasteiger partial charge in [-0.25, -0.2) is 18.1 Å². The molecule has 1 amide bonds. The third-order valence-electron chi connectivity index (χ3n) is 6.56. The summed E-state index contributed by atoms with van der Waals surface area (Å²) in [5.74, 6) is -0.407. The molecule has 1 aromatic carbocycles. The summed E-state index contributed by atoms with van der Waals surface area (Å²) in [5, 5.41) is 7.84. The molecule has 4 aromatic heterocycles. The number of sulfonamides is 1. The molecule has 0 aliphatic heterocycles. The fourth-order valence-corrected chi connectivity index (χ4v) is 5.60. The van der Waals surface area contributed by atoms with Gasteiger partial charge < -0.3 is 10.3 Å². The van der Waals surface area contributed by atoms with Crippen molar-refractivity contribution in [2.24, 2.45) is 0 Å². The molecule has 0 saturated heterocycles. The van der Waals surface area contributed by atoms with Gasteiger partial charge in [0.15, 0.2) is 5.65 Å². The molecule has 0 saturated carbocycles. The van der Waals surface area contributed by atoms with E-state index in [0.717, 1.165) is 11.3 Å². The molecule has 5 rings (SSSR count). The summed E-state index contributed by atoms with van der Waals surface area (Å²) in [6.45, 7) is 7.57. The Morgan fingerprint density at radius 2 is 1.80 bits per heavy atom. The van der Waals surface area contributed by atoms with Gasteiger partial charge in [0.25, 0.3) is 21.5 Å². The van der Waals surface area contributed by atoms with Crippen LogP contribution in [0.5, 0.6) is 0 Å². The SMILES string of the molecule is Cc1cc(C)c(CNC(=O)c2cc(-c3cncc(NS(=O)(=O)c4ccccc4)c3)nc3c2cnn3C(C)C)c(=O)[nH]1. The predicted octanol–water partition coefficient (Wildman–Crippen LogP) is 4.11. The Morgan fingerprint density at radius 3 is 2.51 bits per heavy atom. The number of benzene rings is 1. The van der Waals surface area contributed by atoms with Gasteiger partial charge >= 0.3 is 0 Å². The van der Waals surface area contributed by atoms with E-state index >= 15 is 0 Å². The molecule has 41 heavy (non-hydrogen) atoms. The Morgan fingerprint density at radius 1 is 1.05 bits per heavy atom. The first-order valence-corrected chi connectivity index (χ1v) is 14.4. The molecule has 4 heterocycles. The Labute approximate surface area is 236 Å². The summed E-state index contributed by atoms with van der Waals surface area (Å²) in [5.41, 5.74) is 3.68. The molecule has 210 valence electrons. The summed E-state index contributed by atoms with van der Waals surface area (Å²) >= 11 is 0. The molecule has 0 spiro atoms. The number of pyridine rings is 3. The number of amides is 1. The van der Waals surface area contributed by atoms with Gasteiger partial charge in [-0.15, -0.1) is 0 Å². The van der Waals surface area contributed by atoms with E-state index in [0.29, 0.717) is 33.4 Å². The second kappa shape index (κ2) is 11.0. The van der Waals surface area contributed by atoms with Crippen LogP contribution in [0.25, 0.3) is 22.3 Å². The van der Waals surface area contributed by atoms with Crippen molar-refractivity contribution in [3.8, 4) is 11.3 Å². The summed E-state index contributed by atoms with van der Waals surface area (Å²) in [6, 6.07) is 13.0. The number of aromatic amines is 1. The van der Waals surface area contributed by atoms with Crippen LogP contribution in [0.2, 0.25) is 0 Å². The molecule has 11 nitrogen and oxygen atoms in total. The van der Waals surface area contributed by atoms with Crippen molar-refractivity contribution in [2.45, 2.75) is 45.2 Å². The first kappa shape index (κ1) is 27.7. The number of aromatic nitrogens is 5. The molecule has 12 heteroatoms. The van der Waals surface area contributed by atoms with Crippen molar-refractivity contribution < 1.29 is 13.2 Å². The van der Waals surface area contributed by atoms with Crippen molar-refractivity contribution >= 4 is 32.7 Å². The van der Waals surface area contributed by atoms with Crippen LogP contribution in [0.4, 0.5) is 5.69 Å². The molecule has 0 unspecified atom stereocenters. The number of fused-ring (bicyclic) bond motifs is 1. The van der Waals surface area contributed by atoms with Crippen LogP contribution in [0.15, 0.2) is 76.8 Å². The van der Waals surface area contributed by atoms with Crippen molar-refractivity contribution in [3.05, 3.63) is 99.9 Å². The molecule has 0 aliphatic carbocycles. The lowest BCUT2D eigenvalue weighted by atomic mass is 10.1. The van der Waals surface area contributed by atoms with Crippen LogP contribution >= 0.6 is 0 Å². The molecule has 3 N–H and O–H groups in total. The van der Waals surface area contributed by atoms with Gasteiger partial charge in [0, 0.05) is 35.6 Å². The minimum atomic E-state index is -3.84. The lowest BCUT2D eigenvalue weighted by molar-refractivity contribution is 0.0952. The number of H-pyrrole nitrogens is 1.